The van der Waals surface area contributed by atoms with Crippen LogP contribution < -0.4 is 10.6 Å². The first-order valence-electron chi connectivity index (χ1n) is 10.5. The lowest BCUT2D eigenvalue weighted by atomic mass is 10.1. The van der Waals surface area contributed by atoms with Crippen molar-refractivity contribution in [2.24, 2.45) is 10.9 Å². The number of nitrogens with one attached hydrogen (secondary N) is 2. The van der Waals surface area contributed by atoms with Gasteiger partial charge in [-0.25, -0.2) is 0 Å². The van der Waals surface area contributed by atoms with Crippen molar-refractivity contribution in [2.45, 2.75) is 59.8 Å². The van der Waals surface area contributed by atoms with Crippen LogP contribution >= 0.6 is 0 Å². The Morgan fingerprint density at radius 3 is 2.41 bits per heavy atom. The van der Waals surface area contributed by atoms with E-state index in [4.69, 9.17) is 0 Å². The molecular formula is C22H39N5. The van der Waals surface area contributed by atoms with Gasteiger partial charge < -0.3 is 10.6 Å². The zero-order valence-electron chi connectivity index (χ0n) is 18.1. The fourth-order valence-electron chi connectivity index (χ4n) is 3.74. The summed E-state index contributed by atoms with van der Waals surface area (Å²) < 4.78 is 0. The summed E-state index contributed by atoms with van der Waals surface area (Å²) in [4.78, 5) is 9.45. The molecule has 1 heterocycles. The first kappa shape index (κ1) is 21.7. The Labute approximate surface area is 166 Å². The van der Waals surface area contributed by atoms with Crippen LogP contribution in [-0.2, 0) is 13.1 Å². The van der Waals surface area contributed by atoms with Crippen LogP contribution in [0, 0.1) is 5.92 Å². The molecule has 2 N–H and O–H groups in total. The maximum absolute atomic E-state index is 4.46. The van der Waals surface area contributed by atoms with Crippen LogP contribution in [-0.4, -0.2) is 61.1 Å². The Morgan fingerprint density at radius 2 is 1.85 bits per heavy atom. The van der Waals surface area contributed by atoms with Crippen molar-refractivity contribution >= 4 is 5.96 Å². The first-order chi connectivity index (χ1) is 13.0. The summed E-state index contributed by atoms with van der Waals surface area (Å²) in [5.41, 5.74) is 2.74. The van der Waals surface area contributed by atoms with Gasteiger partial charge >= 0.3 is 0 Å². The van der Waals surface area contributed by atoms with E-state index in [1.807, 2.05) is 7.05 Å². The molecule has 2 unspecified atom stereocenters. The minimum absolute atomic E-state index is 0.449. The molecule has 1 fully saturated rings. The molecule has 27 heavy (non-hydrogen) atoms. The van der Waals surface area contributed by atoms with Crippen LogP contribution in [0.15, 0.2) is 29.3 Å². The topological polar surface area (TPSA) is 42.9 Å². The van der Waals surface area contributed by atoms with Gasteiger partial charge in [0.25, 0.3) is 0 Å². The Bertz CT molecular complexity index is 594. The third kappa shape index (κ3) is 6.22. The summed E-state index contributed by atoms with van der Waals surface area (Å²) in [5.74, 6) is 1.52. The number of likely N-dealkylation sites (tertiary alicyclic amines) is 1. The van der Waals surface area contributed by atoms with Gasteiger partial charge in [-0.05, 0) is 44.0 Å². The molecule has 1 aliphatic heterocycles. The fourth-order valence-corrected chi connectivity index (χ4v) is 3.74. The smallest absolute Gasteiger partial charge is 0.191 e. The summed E-state index contributed by atoms with van der Waals surface area (Å²) >= 11 is 0. The molecule has 1 aromatic rings. The monoisotopic (exact) mass is 373 g/mol. The van der Waals surface area contributed by atoms with Gasteiger partial charge in [0, 0.05) is 45.3 Å². The second kappa shape index (κ2) is 10.7. The molecule has 1 saturated heterocycles. The van der Waals surface area contributed by atoms with Gasteiger partial charge in [-0.1, -0.05) is 45.0 Å². The molecule has 1 aliphatic rings. The van der Waals surface area contributed by atoms with Gasteiger partial charge in [0.2, 0.25) is 0 Å². The molecule has 152 valence electrons. The van der Waals surface area contributed by atoms with E-state index in [2.05, 4.69) is 84.3 Å². The number of benzene rings is 1. The van der Waals surface area contributed by atoms with Crippen LogP contribution in [0.2, 0.25) is 0 Å². The summed E-state index contributed by atoms with van der Waals surface area (Å²) in [5, 5.41) is 7.17. The van der Waals surface area contributed by atoms with Crippen molar-refractivity contribution in [3.8, 4) is 0 Å². The molecule has 5 nitrogen and oxygen atoms in total. The highest BCUT2D eigenvalue weighted by atomic mass is 15.3. The van der Waals surface area contributed by atoms with E-state index in [9.17, 15) is 0 Å². The predicted octanol–water partition coefficient (Wildman–Crippen LogP) is 2.92. The Hall–Kier alpha value is -1.59. The van der Waals surface area contributed by atoms with Crippen LogP contribution in [0.1, 0.15) is 45.7 Å². The van der Waals surface area contributed by atoms with E-state index in [-0.39, 0.29) is 0 Å². The number of hydrogen-bond acceptors (Lipinski definition) is 3. The zero-order valence-corrected chi connectivity index (χ0v) is 18.1. The molecular weight excluding hydrogens is 334 g/mol. The third-order valence-electron chi connectivity index (χ3n) is 5.77. The lowest BCUT2D eigenvalue weighted by molar-refractivity contribution is 0.265. The van der Waals surface area contributed by atoms with Gasteiger partial charge in [-0.3, -0.25) is 14.8 Å². The van der Waals surface area contributed by atoms with Gasteiger partial charge in [0.15, 0.2) is 5.96 Å². The van der Waals surface area contributed by atoms with E-state index in [0.717, 1.165) is 45.2 Å². The van der Waals surface area contributed by atoms with E-state index in [0.29, 0.717) is 18.0 Å². The van der Waals surface area contributed by atoms with Gasteiger partial charge in [0.05, 0.1) is 0 Å². The zero-order chi connectivity index (χ0) is 19.8. The van der Waals surface area contributed by atoms with E-state index < -0.39 is 0 Å². The summed E-state index contributed by atoms with van der Waals surface area (Å²) in [6.45, 7) is 17.5. The van der Waals surface area contributed by atoms with Crippen molar-refractivity contribution < 1.29 is 0 Å². The van der Waals surface area contributed by atoms with Crippen LogP contribution in [0.4, 0.5) is 0 Å². The Balaban J connectivity index is 1.95. The van der Waals surface area contributed by atoms with Gasteiger partial charge in [-0.2, -0.15) is 0 Å². The minimum atomic E-state index is 0.449. The highest BCUT2D eigenvalue weighted by molar-refractivity contribution is 5.80. The highest BCUT2D eigenvalue weighted by Gasteiger charge is 2.31. The van der Waals surface area contributed by atoms with Crippen molar-refractivity contribution in [3.63, 3.8) is 0 Å². The average molecular weight is 374 g/mol. The molecule has 0 spiro atoms. The minimum Gasteiger partial charge on any atom is -0.352 e. The number of nitrogens with zero attached hydrogens (tertiary/aromatic N) is 3. The molecule has 2 atom stereocenters. The third-order valence-corrected chi connectivity index (χ3v) is 5.77. The van der Waals surface area contributed by atoms with Crippen molar-refractivity contribution in [2.75, 3.05) is 33.2 Å². The second-order valence-corrected chi connectivity index (χ2v) is 7.93. The standard InChI is InChI=1S/C22H39N5/c1-7-26(8-2)15-20-12-10-9-11-19(20)13-24-22(23-6)25-21-16-27(17(3)4)14-18(21)5/h9-12,17-18,21H,7-8,13-16H2,1-6H3,(H2,23,24,25). The fraction of sp³-hybridized carbons (Fsp3) is 0.682. The van der Waals surface area contributed by atoms with E-state index in [1.54, 1.807) is 0 Å². The molecule has 0 bridgehead atoms. The largest absolute Gasteiger partial charge is 0.352 e. The first-order valence-corrected chi connectivity index (χ1v) is 10.5. The van der Waals surface area contributed by atoms with Crippen molar-refractivity contribution in [1.82, 2.24) is 20.4 Å². The summed E-state index contributed by atoms with van der Waals surface area (Å²) in [6, 6.07) is 9.77. The van der Waals surface area contributed by atoms with Crippen LogP contribution in [0.25, 0.3) is 0 Å². The van der Waals surface area contributed by atoms with Crippen LogP contribution in [0.5, 0.6) is 0 Å². The molecule has 0 radical (unpaired) electrons. The van der Waals surface area contributed by atoms with Gasteiger partial charge in [0.1, 0.15) is 0 Å². The molecule has 2 rings (SSSR count). The average Bonchev–Trinajstić information content (AvgIpc) is 3.04. The Kier molecular flexibility index (Phi) is 8.58. The van der Waals surface area contributed by atoms with Crippen molar-refractivity contribution in [3.05, 3.63) is 35.4 Å². The lowest BCUT2D eigenvalue weighted by Gasteiger charge is -2.23. The quantitative estimate of drug-likeness (QED) is 0.543. The lowest BCUT2D eigenvalue weighted by Crippen LogP contribution is -2.46. The van der Waals surface area contributed by atoms with E-state index >= 15 is 0 Å². The predicted molar refractivity (Wildman–Crippen MR) is 116 cm³/mol. The second-order valence-electron chi connectivity index (χ2n) is 7.93. The normalized spacial score (nSPS) is 21.3. The van der Waals surface area contributed by atoms with Gasteiger partial charge in [-0.15, -0.1) is 0 Å². The SMILES string of the molecule is CCN(CC)Cc1ccccc1CNC(=NC)NC1CN(C(C)C)CC1C. The maximum atomic E-state index is 4.46. The maximum Gasteiger partial charge on any atom is 0.191 e. The highest BCUT2D eigenvalue weighted by Crippen LogP contribution is 2.18. The molecule has 0 saturated carbocycles. The molecule has 0 amide bonds. The molecule has 0 aliphatic carbocycles. The number of rotatable bonds is 8. The Morgan fingerprint density at radius 1 is 1.19 bits per heavy atom. The molecule has 5 heteroatoms. The number of hydrogen-bond donors (Lipinski definition) is 2. The summed E-state index contributed by atoms with van der Waals surface area (Å²) in [7, 11) is 1.86. The van der Waals surface area contributed by atoms with E-state index in [1.165, 1.54) is 11.1 Å². The molecule has 1 aromatic carbocycles. The molecule has 0 aromatic heterocycles. The number of guanidine groups is 1. The van der Waals surface area contributed by atoms with Crippen molar-refractivity contribution in [1.29, 1.82) is 0 Å². The summed E-state index contributed by atoms with van der Waals surface area (Å²) in [6.07, 6.45) is 0. The number of aliphatic imine (C=N–C) groups is 1. The van der Waals surface area contributed by atoms with Crippen LogP contribution in [0.3, 0.4) is 0 Å².